The highest BCUT2D eigenvalue weighted by atomic mass is 16.2. The van der Waals surface area contributed by atoms with E-state index >= 15 is 0 Å². The van der Waals surface area contributed by atoms with Gasteiger partial charge in [0, 0.05) is 17.8 Å². The molecule has 1 aliphatic carbocycles. The molecular formula is C15H17N3O2. The molecule has 2 amide bonds. The first-order valence-corrected chi connectivity index (χ1v) is 6.56. The highest BCUT2D eigenvalue weighted by Gasteiger charge is 2.31. The van der Waals surface area contributed by atoms with Gasteiger partial charge in [-0.25, -0.2) is 4.98 Å². The van der Waals surface area contributed by atoms with Crippen LogP contribution in [0, 0.1) is 18.8 Å². The van der Waals surface area contributed by atoms with Crippen molar-refractivity contribution in [2.75, 3.05) is 0 Å². The minimum absolute atomic E-state index is 0.0877. The fourth-order valence-corrected chi connectivity index (χ4v) is 2.12. The molecule has 1 saturated carbocycles. The Labute approximate surface area is 118 Å². The number of nitrogens with one attached hydrogen (secondary N) is 2. The first-order valence-electron chi connectivity index (χ1n) is 6.56. The molecule has 0 radical (unpaired) electrons. The summed E-state index contributed by atoms with van der Waals surface area (Å²) >= 11 is 0. The van der Waals surface area contributed by atoms with E-state index in [4.69, 9.17) is 0 Å². The van der Waals surface area contributed by atoms with Crippen molar-refractivity contribution >= 4 is 11.8 Å². The number of nitrogens with zero attached hydrogens (tertiary/aromatic N) is 1. The first kappa shape index (κ1) is 14.1. The molecule has 104 valence electrons. The maximum atomic E-state index is 11.9. The van der Waals surface area contributed by atoms with Crippen molar-refractivity contribution in [1.82, 2.24) is 15.6 Å². The summed E-state index contributed by atoms with van der Waals surface area (Å²) in [5.74, 6) is 4.56. The van der Waals surface area contributed by atoms with Gasteiger partial charge in [-0.2, -0.15) is 0 Å². The second-order valence-corrected chi connectivity index (χ2v) is 4.85. The zero-order chi connectivity index (χ0) is 14.5. The van der Waals surface area contributed by atoms with Gasteiger partial charge in [0.25, 0.3) is 11.8 Å². The molecule has 0 bridgehead atoms. The predicted molar refractivity (Wildman–Crippen MR) is 74.8 cm³/mol. The van der Waals surface area contributed by atoms with Gasteiger partial charge in [-0.15, -0.1) is 0 Å². The van der Waals surface area contributed by atoms with Crippen LogP contribution in [0.25, 0.3) is 0 Å². The van der Waals surface area contributed by atoms with Crippen LogP contribution < -0.4 is 10.6 Å². The number of hydrogen-bond donors (Lipinski definition) is 2. The van der Waals surface area contributed by atoms with Crippen molar-refractivity contribution in [3.05, 3.63) is 29.6 Å². The van der Waals surface area contributed by atoms with Crippen LogP contribution in [-0.4, -0.2) is 28.9 Å². The van der Waals surface area contributed by atoms with E-state index in [0.717, 1.165) is 18.5 Å². The maximum absolute atomic E-state index is 11.9. The molecule has 0 atom stereocenters. The van der Waals surface area contributed by atoms with Crippen molar-refractivity contribution in [3.8, 4) is 11.8 Å². The molecule has 0 aliphatic heterocycles. The number of hydrogen-bond acceptors (Lipinski definition) is 3. The van der Waals surface area contributed by atoms with Crippen LogP contribution in [0.15, 0.2) is 18.2 Å². The van der Waals surface area contributed by atoms with Crippen molar-refractivity contribution in [2.45, 2.75) is 38.8 Å². The Hall–Kier alpha value is -2.35. The minimum atomic E-state index is -0.261. The summed E-state index contributed by atoms with van der Waals surface area (Å²) in [4.78, 5) is 27.4. The molecule has 0 spiro atoms. The van der Waals surface area contributed by atoms with E-state index in [9.17, 15) is 9.59 Å². The normalized spacial score (nSPS) is 20.1. The summed E-state index contributed by atoms with van der Waals surface area (Å²) in [7, 11) is 0. The van der Waals surface area contributed by atoms with E-state index in [1.807, 2.05) is 19.1 Å². The van der Waals surface area contributed by atoms with Crippen LogP contribution in [0.4, 0.5) is 0 Å². The lowest BCUT2D eigenvalue weighted by molar-refractivity contribution is -0.116. The topological polar surface area (TPSA) is 71.1 Å². The monoisotopic (exact) mass is 271 g/mol. The fourth-order valence-electron chi connectivity index (χ4n) is 2.12. The summed E-state index contributed by atoms with van der Waals surface area (Å²) in [6, 6.07) is 5.53. The SMILES string of the molecule is CC#CC(=O)NC1CC(NC(=O)c2cccc(C)n2)C1. The summed E-state index contributed by atoms with van der Waals surface area (Å²) in [5, 5.41) is 5.70. The standard InChI is InChI=1S/C15H17N3O2/c1-3-5-14(19)17-11-8-12(9-11)18-15(20)13-7-4-6-10(2)16-13/h4,6-7,11-12H,8-9H2,1-2H3,(H,17,19)(H,18,20). The number of carbonyl (C=O) groups excluding carboxylic acids is 2. The third-order valence-corrected chi connectivity index (χ3v) is 3.17. The average Bonchev–Trinajstić information content (AvgIpc) is 2.36. The van der Waals surface area contributed by atoms with Gasteiger partial charge in [-0.05, 0) is 44.7 Å². The Bertz CT molecular complexity index is 580. The molecule has 1 aliphatic rings. The van der Waals surface area contributed by atoms with Crippen LogP contribution in [-0.2, 0) is 4.79 Å². The first-order chi connectivity index (χ1) is 9.58. The van der Waals surface area contributed by atoms with Crippen molar-refractivity contribution in [2.24, 2.45) is 0 Å². The molecule has 0 unspecified atom stereocenters. The Balaban J connectivity index is 1.78. The number of aryl methyl sites for hydroxylation is 1. The van der Waals surface area contributed by atoms with E-state index in [1.165, 1.54) is 0 Å². The highest BCUT2D eigenvalue weighted by Crippen LogP contribution is 2.20. The Morgan fingerprint density at radius 3 is 2.60 bits per heavy atom. The molecule has 0 saturated heterocycles. The van der Waals surface area contributed by atoms with Gasteiger partial charge in [0.1, 0.15) is 5.69 Å². The Kier molecular flexibility index (Phi) is 4.36. The predicted octanol–water partition coefficient (Wildman–Crippen LogP) is 0.790. The smallest absolute Gasteiger partial charge is 0.296 e. The Morgan fingerprint density at radius 1 is 1.25 bits per heavy atom. The van der Waals surface area contributed by atoms with Crippen LogP contribution in [0.2, 0.25) is 0 Å². The second-order valence-electron chi connectivity index (χ2n) is 4.85. The third kappa shape index (κ3) is 3.58. The third-order valence-electron chi connectivity index (χ3n) is 3.17. The molecule has 1 aromatic heterocycles. The number of carbonyl (C=O) groups is 2. The number of rotatable bonds is 3. The van der Waals surface area contributed by atoms with Crippen molar-refractivity contribution < 1.29 is 9.59 Å². The summed E-state index contributed by atoms with van der Waals surface area (Å²) in [5.41, 5.74) is 1.24. The van der Waals surface area contributed by atoms with Gasteiger partial charge < -0.3 is 10.6 Å². The van der Waals surface area contributed by atoms with Gasteiger partial charge >= 0.3 is 0 Å². The lowest BCUT2D eigenvalue weighted by Crippen LogP contribution is -2.53. The summed E-state index contributed by atoms with van der Waals surface area (Å²) in [6.45, 7) is 3.47. The van der Waals surface area contributed by atoms with Gasteiger partial charge in [-0.1, -0.05) is 12.0 Å². The van der Waals surface area contributed by atoms with Crippen LogP contribution in [0.1, 0.15) is 35.9 Å². The lowest BCUT2D eigenvalue weighted by Gasteiger charge is -2.35. The molecule has 20 heavy (non-hydrogen) atoms. The van der Waals surface area contributed by atoms with E-state index in [-0.39, 0.29) is 23.9 Å². The van der Waals surface area contributed by atoms with Crippen LogP contribution in [0.3, 0.4) is 0 Å². The summed E-state index contributed by atoms with van der Waals surface area (Å²) in [6.07, 6.45) is 1.46. The summed E-state index contributed by atoms with van der Waals surface area (Å²) < 4.78 is 0. The zero-order valence-electron chi connectivity index (χ0n) is 11.6. The molecular weight excluding hydrogens is 254 g/mol. The van der Waals surface area contributed by atoms with Gasteiger partial charge in [0.2, 0.25) is 0 Å². The molecule has 1 heterocycles. The quantitative estimate of drug-likeness (QED) is 0.798. The molecule has 0 aromatic carbocycles. The molecule has 2 N–H and O–H groups in total. The van der Waals surface area contributed by atoms with Crippen LogP contribution in [0.5, 0.6) is 0 Å². The van der Waals surface area contributed by atoms with E-state index < -0.39 is 0 Å². The molecule has 2 rings (SSSR count). The second kappa shape index (κ2) is 6.20. The van der Waals surface area contributed by atoms with Crippen LogP contribution >= 0.6 is 0 Å². The number of aromatic nitrogens is 1. The van der Waals surface area contributed by atoms with Gasteiger partial charge in [0.05, 0.1) is 0 Å². The largest absolute Gasteiger partial charge is 0.348 e. The Morgan fingerprint density at radius 2 is 1.95 bits per heavy atom. The average molecular weight is 271 g/mol. The lowest BCUT2D eigenvalue weighted by atomic mass is 9.86. The van der Waals surface area contributed by atoms with E-state index in [0.29, 0.717) is 5.69 Å². The zero-order valence-corrected chi connectivity index (χ0v) is 11.6. The van der Waals surface area contributed by atoms with Gasteiger partial charge in [0.15, 0.2) is 0 Å². The molecule has 1 aromatic rings. The fraction of sp³-hybridized carbons (Fsp3) is 0.400. The maximum Gasteiger partial charge on any atom is 0.296 e. The number of pyridine rings is 1. The minimum Gasteiger partial charge on any atom is -0.348 e. The highest BCUT2D eigenvalue weighted by molar-refractivity contribution is 5.94. The molecule has 1 fully saturated rings. The van der Waals surface area contributed by atoms with E-state index in [1.54, 1.807) is 13.0 Å². The van der Waals surface area contributed by atoms with Crippen molar-refractivity contribution in [1.29, 1.82) is 0 Å². The molecule has 5 nitrogen and oxygen atoms in total. The van der Waals surface area contributed by atoms with Gasteiger partial charge in [-0.3, -0.25) is 9.59 Å². The van der Waals surface area contributed by atoms with E-state index in [2.05, 4.69) is 27.5 Å². The van der Waals surface area contributed by atoms with Crippen molar-refractivity contribution in [3.63, 3.8) is 0 Å². The molecule has 5 heteroatoms. The number of amides is 2.